The van der Waals surface area contributed by atoms with Crippen molar-refractivity contribution >= 4 is 23.2 Å². The number of halogens is 2. The van der Waals surface area contributed by atoms with Crippen molar-refractivity contribution in [1.29, 1.82) is 0 Å². The Morgan fingerprint density at radius 2 is 1.81 bits per heavy atom. The van der Waals surface area contributed by atoms with Crippen LogP contribution in [0.5, 0.6) is 0 Å². The fraction of sp³-hybridized carbons (Fsp3) is 0.833. The molecule has 32 heavy (non-hydrogen) atoms. The van der Waals surface area contributed by atoms with Crippen LogP contribution in [0.4, 0.5) is 4.39 Å². The Labute approximate surface area is 193 Å². The van der Waals surface area contributed by atoms with Gasteiger partial charge in [0.1, 0.15) is 18.0 Å². The maximum Gasteiger partial charge on any atom is 0.187 e. The number of ketones is 2. The fourth-order valence-corrected chi connectivity index (χ4v) is 7.16. The van der Waals surface area contributed by atoms with Gasteiger partial charge in [0.2, 0.25) is 0 Å². The highest BCUT2D eigenvalue weighted by Crippen LogP contribution is 2.56. The number of Topliss-reactive ketones (excluding diaryl/α,β-unsaturated/α-hetero) is 2. The van der Waals surface area contributed by atoms with Gasteiger partial charge in [-0.15, -0.1) is 11.6 Å². The van der Waals surface area contributed by atoms with Gasteiger partial charge in [0.25, 0.3) is 0 Å². The number of hydrogen-bond donors (Lipinski definition) is 0. The molecular weight excluding hydrogens is 439 g/mol. The standard InChI is InChI=1S/C24H32ClFO6/c1-11-8-15(27)13-9-16(12-6-4-5-7-14(12)26)31-23(13)24(11)22(28)19-17(29-2)10-18(30-3)20(25)21(19)32-24/h11-12,14,16-21H,4-10H2,1-3H3/t11-,12?,14?,16+,17?,18?,19?,20?,21?,24-/m1/s1. The summed E-state index contributed by atoms with van der Waals surface area (Å²) in [5.74, 6) is -1.08. The molecule has 178 valence electrons. The zero-order valence-corrected chi connectivity index (χ0v) is 19.6. The molecule has 5 aliphatic rings. The summed E-state index contributed by atoms with van der Waals surface area (Å²) >= 11 is 6.73. The Morgan fingerprint density at radius 1 is 1.09 bits per heavy atom. The number of methoxy groups -OCH3 is 2. The summed E-state index contributed by atoms with van der Waals surface area (Å²) < 4.78 is 38.9. The summed E-state index contributed by atoms with van der Waals surface area (Å²) in [6, 6.07) is 0. The summed E-state index contributed by atoms with van der Waals surface area (Å²) in [5.41, 5.74) is -0.873. The molecule has 7 unspecified atom stereocenters. The summed E-state index contributed by atoms with van der Waals surface area (Å²) in [6.45, 7) is 1.85. The third kappa shape index (κ3) is 3.14. The third-order valence-electron chi connectivity index (χ3n) is 8.50. The molecule has 2 heterocycles. The van der Waals surface area contributed by atoms with Crippen LogP contribution in [-0.2, 0) is 28.5 Å². The Kier molecular flexibility index (Phi) is 5.92. The van der Waals surface area contributed by atoms with Gasteiger partial charge < -0.3 is 18.9 Å². The van der Waals surface area contributed by atoms with Gasteiger partial charge in [-0.25, -0.2) is 4.39 Å². The lowest BCUT2D eigenvalue weighted by molar-refractivity contribution is -0.148. The first-order chi connectivity index (χ1) is 15.3. The van der Waals surface area contributed by atoms with Crippen molar-refractivity contribution in [2.24, 2.45) is 17.8 Å². The molecule has 0 radical (unpaired) electrons. The third-order valence-corrected chi connectivity index (χ3v) is 9.03. The van der Waals surface area contributed by atoms with Crippen LogP contribution < -0.4 is 0 Å². The summed E-state index contributed by atoms with van der Waals surface area (Å²) in [6.07, 6.45) is 1.40. The lowest BCUT2D eigenvalue weighted by Gasteiger charge is -2.39. The van der Waals surface area contributed by atoms with E-state index in [9.17, 15) is 14.0 Å². The van der Waals surface area contributed by atoms with E-state index in [-0.39, 0.29) is 30.0 Å². The number of rotatable bonds is 3. The number of carbonyl (C=O) groups excluding carboxylic acids is 2. The molecule has 10 atom stereocenters. The van der Waals surface area contributed by atoms with Gasteiger partial charge in [-0.05, 0) is 12.8 Å². The zero-order valence-electron chi connectivity index (χ0n) is 18.9. The SMILES string of the molecule is COC1CC(OC)C2C(=O)[C@@]3(OC2C1Cl)C1=C(C[C@@H](C2CCCCC2F)O1)C(=O)C[C@H]3C. The predicted octanol–water partition coefficient (Wildman–Crippen LogP) is 3.53. The van der Waals surface area contributed by atoms with Crippen LogP contribution in [0, 0.1) is 17.8 Å². The minimum absolute atomic E-state index is 0.0291. The van der Waals surface area contributed by atoms with E-state index in [1.165, 1.54) is 0 Å². The molecule has 1 saturated heterocycles. The van der Waals surface area contributed by atoms with Gasteiger partial charge in [0, 0.05) is 50.9 Å². The van der Waals surface area contributed by atoms with Gasteiger partial charge >= 0.3 is 0 Å². The summed E-state index contributed by atoms with van der Waals surface area (Å²) in [4.78, 5) is 27.0. The van der Waals surface area contributed by atoms with E-state index in [1.807, 2.05) is 6.92 Å². The first kappa shape index (κ1) is 22.8. The average Bonchev–Trinajstić information content (AvgIpc) is 3.35. The molecule has 8 heteroatoms. The molecule has 0 aromatic heterocycles. The average molecular weight is 471 g/mol. The first-order valence-corrected chi connectivity index (χ1v) is 12.3. The van der Waals surface area contributed by atoms with Crippen LogP contribution in [0.3, 0.4) is 0 Å². The Balaban J connectivity index is 1.52. The highest BCUT2D eigenvalue weighted by molar-refractivity contribution is 6.22. The van der Waals surface area contributed by atoms with Gasteiger partial charge in [-0.1, -0.05) is 19.8 Å². The Morgan fingerprint density at radius 3 is 2.50 bits per heavy atom. The van der Waals surface area contributed by atoms with Crippen molar-refractivity contribution in [3.63, 3.8) is 0 Å². The van der Waals surface area contributed by atoms with Crippen LogP contribution in [0.15, 0.2) is 11.3 Å². The van der Waals surface area contributed by atoms with Crippen LogP contribution in [0.25, 0.3) is 0 Å². The minimum Gasteiger partial charge on any atom is -0.490 e. The van der Waals surface area contributed by atoms with Crippen LogP contribution in [0.2, 0.25) is 0 Å². The molecule has 5 rings (SSSR count). The quantitative estimate of drug-likeness (QED) is 0.588. The largest absolute Gasteiger partial charge is 0.490 e. The van der Waals surface area contributed by atoms with E-state index in [1.54, 1.807) is 14.2 Å². The van der Waals surface area contributed by atoms with Crippen molar-refractivity contribution in [3.8, 4) is 0 Å². The topological polar surface area (TPSA) is 71.1 Å². The molecule has 0 N–H and O–H groups in total. The van der Waals surface area contributed by atoms with Crippen molar-refractivity contribution in [3.05, 3.63) is 11.3 Å². The van der Waals surface area contributed by atoms with Gasteiger partial charge in [-0.2, -0.15) is 0 Å². The minimum atomic E-state index is -1.37. The summed E-state index contributed by atoms with van der Waals surface area (Å²) in [5, 5.41) is -0.528. The van der Waals surface area contributed by atoms with Crippen molar-refractivity contribution in [2.45, 2.75) is 93.4 Å². The number of hydrogen-bond acceptors (Lipinski definition) is 6. The molecule has 1 spiro atoms. The maximum atomic E-state index is 14.7. The molecule has 0 bridgehead atoms. The summed E-state index contributed by atoms with van der Waals surface area (Å²) in [7, 11) is 3.16. The van der Waals surface area contributed by atoms with E-state index >= 15 is 0 Å². The van der Waals surface area contributed by atoms with Crippen molar-refractivity contribution in [1.82, 2.24) is 0 Å². The van der Waals surface area contributed by atoms with Crippen molar-refractivity contribution < 1.29 is 32.9 Å². The molecule has 0 aromatic carbocycles. The number of alkyl halides is 2. The Bertz CT molecular complexity index is 831. The lowest BCUT2D eigenvalue weighted by Crippen LogP contribution is -2.52. The number of ether oxygens (including phenoxy) is 4. The second-order valence-electron chi connectivity index (χ2n) is 10.1. The maximum absolute atomic E-state index is 14.7. The molecule has 6 nitrogen and oxygen atoms in total. The second kappa shape index (κ2) is 8.33. The molecule has 2 saturated carbocycles. The van der Waals surface area contributed by atoms with Crippen LogP contribution in [-0.4, -0.2) is 67.4 Å². The van der Waals surface area contributed by atoms with E-state index in [4.69, 9.17) is 30.5 Å². The molecular formula is C24H32ClFO6. The smallest absolute Gasteiger partial charge is 0.187 e. The molecule has 0 amide bonds. The number of fused-ring (bicyclic) bond motifs is 2. The van der Waals surface area contributed by atoms with Gasteiger partial charge in [0.05, 0.1) is 29.6 Å². The van der Waals surface area contributed by atoms with Crippen LogP contribution >= 0.6 is 11.6 Å². The second-order valence-corrected chi connectivity index (χ2v) is 10.6. The molecule has 0 aromatic rings. The van der Waals surface area contributed by atoms with Crippen LogP contribution in [0.1, 0.15) is 51.9 Å². The Hall–Kier alpha value is -1.02. The highest BCUT2D eigenvalue weighted by Gasteiger charge is 2.69. The highest BCUT2D eigenvalue weighted by atomic mass is 35.5. The number of carbonyl (C=O) groups is 2. The monoisotopic (exact) mass is 470 g/mol. The first-order valence-electron chi connectivity index (χ1n) is 11.8. The van der Waals surface area contributed by atoms with E-state index in [2.05, 4.69) is 0 Å². The van der Waals surface area contributed by atoms with E-state index < -0.39 is 47.3 Å². The lowest BCUT2D eigenvalue weighted by atomic mass is 9.69. The van der Waals surface area contributed by atoms with Gasteiger partial charge in [0.15, 0.2) is 17.2 Å². The molecule has 2 aliphatic heterocycles. The van der Waals surface area contributed by atoms with Crippen molar-refractivity contribution in [2.75, 3.05) is 14.2 Å². The molecule has 3 fully saturated rings. The predicted molar refractivity (Wildman–Crippen MR) is 114 cm³/mol. The zero-order chi connectivity index (χ0) is 22.8. The van der Waals surface area contributed by atoms with E-state index in [0.717, 1.165) is 19.3 Å². The van der Waals surface area contributed by atoms with Gasteiger partial charge in [-0.3, -0.25) is 9.59 Å². The fourth-order valence-electron chi connectivity index (χ4n) is 6.75. The molecule has 3 aliphatic carbocycles. The van der Waals surface area contributed by atoms with E-state index in [0.29, 0.717) is 30.6 Å². The normalized spacial score (nSPS) is 48.7.